The molecule has 2 N–H and O–H groups in total. The lowest BCUT2D eigenvalue weighted by atomic mass is 10.0. The van der Waals surface area contributed by atoms with Gasteiger partial charge in [-0.3, -0.25) is 14.4 Å². The van der Waals surface area contributed by atoms with Gasteiger partial charge in [-0.05, 0) is 109 Å². The zero-order chi connectivity index (χ0) is 39.4. The number of allylic oxidation sites excluding steroid dienone is 14. The van der Waals surface area contributed by atoms with Crippen LogP contribution in [0.5, 0.6) is 0 Å². The highest BCUT2D eigenvalue weighted by atomic mass is 16.5. The summed E-state index contributed by atoms with van der Waals surface area (Å²) in [5.74, 6) is -1.30. The SMILES string of the molecule is CC/C=C\C/C=C\C/C=C\C/C=C\C/C=C\CCCCCC(=O)OC(CCC/C=C\C/C=C\CCCCCCC)CCCCCCCC(=O)NCC(=O)O. The van der Waals surface area contributed by atoms with Crippen molar-refractivity contribution in [1.82, 2.24) is 5.32 Å². The summed E-state index contributed by atoms with van der Waals surface area (Å²) in [6.07, 6.45) is 58.4. The van der Waals surface area contributed by atoms with E-state index in [0.717, 1.165) is 122 Å². The van der Waals surface area contributed by atoms with E-state index in [2.05, 4.69) is 104 Å². The van der Waals surface area contributed by atoms with Crippen LogP contribution in [0.1, 0.15) is 187 Å². The lowest BCUT2D eigenvalue weighted by molar-refractivity contribution is -0.150. The Morgan fingerprint density at radius 2 is 0.926 bits per heavy atom. The maximum absolute atomic E-state index is 12.8. The van der Waals surface area contributed by atoms with Crippen LogP contribution in [0.3, 0.4) is 0 Å². The average Bonchev–Trinajstić information content (AvgIpc) is 3.16. The molecule has 0 aromatic rings. The number of carbonyl (C=O) groups is 3. The number of carboxylic acids is 1. The van der Waals surface area contributed by atoms with Gasteiger partial charge in [-0.15, -0.1) is 0 Å². The summed E-state index contributed by atoms with van der Waals surface area (Å²) >= 11 is 0. The molecule has 1 amide bonds. The van der Waals surface area contributed by atoms with E-state index < -0.39 is 5.97 Å². The van der Waals surface area contributed by atoms with Gasteiger partial charge in [0, 0.05) is 12.8 Å². The Bertz CT molecular complexity index is 1100. The summed E-state index contributed by atoms with van der Waals surface area (Å²) in [7, 11) is 0. The molecule has 0 radical (unpaired) electrons. The van der Waals surface area contributed by atoms with Gasteiger partial charge in [0.2, 0.25) is 5.91 Å². The van der Waals surface area contributed by atoms with Gasteiger partial charge in [0.05, 0.1) is 0 Å². The van der Waals surface area contributed by atoms with Crippen LogP contribution in [0.2, 0.25) is 0 Å². The predicted octanol–water partition coefficient (Wildman–Crippen LogP) is 13.6. The van der Waals surface area contributed by atoms with Crippen LogP contribution in [0.25, 0.3) is 0 Å². The number of aliphatic carboxylic acids is 1. The van der Waals surface area contributed by atoms with Gasteiger partial charge in [0.25, 0.3) is 0 Å². The van der Waals surface area contributed by atoms with Gasteiger partial charge in [0.15, 0.2) is 0 Å². The molecule has 0 aliphatic heterocycles. The molecule has 1 unspecified atom stereocenters. The topological polar surface area (TPSA) is 92.7 Å². The van der Waals surface area contributed by atoms with Crippen molar-refractivity contribution in [2.24, 2.45) is 0 Å². The van der Waals surface area contributed by atoms with E-state index in [-0.39, 0.29) is 24.5 Å². The van der Waals surface area contributed by atoms with Crippen LogP contribution in [-0.4, -0.2) is 35.6 Å². The molecule has 0 aromatic heterocycles. The summed E-state index contributed by atoms with van der Waals surface area (Å²) in [5, 5.41) is 11.1. The molecule has 54 heavy (non-hydrogen) atoms. The number of rotatable bonds is 38. The van der Waals surface area contributed by atoms with Crippen molar-refractivity contribution in [1.29, 1.82) is 0 Å². The molecule has 0 rings (SSSR count). The third-order valence-electron chi connectivity index (χ3n) is 9.05. The molecule has 0 saturated carbocycles. The molecule has 0 fully saturated rings. The summed E-state index contributed by atoms with van der Waals surface area (Å²) in [6.45, 7) is 4.08. The van der Waals surface area contributed by atoms with Gasteiger partial charge in [-0.1, -0.05) is 150 Å². The maximum atomic E-state index is 12.8. The van der Waals surface area contributed by atoms with E-state index in [4.69, 9.17) is 9.84 Å². The highest BCUT2D eigenvalue weighted by Crippen LogP contribution is 2.17. The Morgan fingerprint density at radius 3 is 1.48 bits per heavy atom. The van der Waals surface area contributed by atoms with Crippen molar-refractivity contribution in [3.05, 3.63) is 85.1 Å². The van der Waals surface area contributed by atoms with Crippen molar-refractivity contribution in [3.8, 4) is 0 Å². The Kier molecular flexibility index (Phi) is 39.7. The van der Waals surface area contributed by atoms with Gasteiger partial charge in [0.1, 0.15) is 12.6 Å². The molecule has 0 saturated heterocycles. The van der Waals surface area contributed by atoms with E-state index in [0.29, 0.717) is 12.8 Å². The van der Waals surface area contributed by atoms with Gasteiger partial charge < -0.3 is 15.2 Å². The Morgan fingerprint density at radius 1 is 0.500 bits per heavy atom. The molecule has 306 valence electrons. The normalized spacial score (nSPS) is 12.9. The van der Waals surface area contributed by atoms with Crippen LogP contribution in [0.15, 0.2) is 85.1 Å². The minimum Gasteiger partial charge on any atom is -0.480 e. The smallest absolute Gasteiger partial charge is 0.322 e. The van der Waals surface area contributed by atoms with Crippen LogP contribution in [-0.2, 0) is 19.1 Å². The van der Waals surface area contributed by atoms with E-state index in [9.17, 15) is 14.4 Å². The zero-order valence-electron chi connectivity index (χ0n) is 34.5. The molecule has 0 aliphatic rings. The molecule has 6 nitrogen and oxygen atoms in total. The van der Waals surface area contributed by atoms with Crippen LogP contribution >= 0.6 is 0 Å². The summed E-state index contributed by atoms with van der Waals surface area (Å²) in [4.78, 5) is 35.0. The molecule has 6 heteroatoms. The number of hydrogen-bond donors (Lipinski definition) is 2. The van der Waals surface area contributed by atoms with Crippen molar-refractivity contribution >= 4 is 17.8 Å². The summed E-state index contributed by atoms with van der Waals surface area (Å²) in [5.41, 5.74) is 0. The van der Waals surface area contributed by atoms with E-state index in [1.807, 2.05) is 0 Å². The Labute approximate surface area is 331 Å². The highest BCUT2D eigenvalue weighted by Gasteiger charge is 2.14. The lowest BCUT2D eigenvalue weighted by Gasteiger charge is -2.18. The van der Waals surface area contributed by atoms with Crippen LogP contribution in [0, 0.1) is 0 Å². The summed E-state index contributed by atoms with van der Waals surface area (Å²) in [6, 6.07) is 0. The van der Waals surface area contributed by atoms with E-state index in [1.165, 1.54) is 38.5 Å². The van der Waals surface area contributed by atoms with E-state index >= 15 is 0 Å². The number of nitrogens with one attached hydrogen (secondary N) is 1. The van der Waals surface area contributed by atoms with Crippen molar-refractivity contribution < 1.29 is 24.2 Å². The number of ether oxygens (including phenoxy) is 1. The fourth-order valence-corrected chi connectivity index (χ4v) is 5.87. The van der Waals surface area contributed by atoms with Gasteiger partial charge in [-0.2, -0.15) is 0 Å². The number of carboxylic acid groups (broad SMARTS) is 1. The first-order chi connectivity index (χ1) is 26.5. The standard InChI is InChI=1S/C48H79NO5/c1-3-5-7-9-11-13-15-17-18-19-20-21-22-24-26-28-30-35-39-43-48(53)54-45(41-37-33-31-34-38-42-46(50)49-44-47(51)52)40-36-32-29-27-25-23-16-14-12-10-8-6-4-2/h5,7,11,13,16-18,20-21,23-24,26-27,29,45H,3-4,6,8-10,12,14-15,19,22,25,28,30-44H2,1-2H3,(H,49,50)(H,51,52)/b7-5-,13-11-,18-17-,21-20-,23-16-,26-24-,29-27-. The fourth-order valence-electron chi connectivity index (χ4n) is 5.87. The zero-order valence-corrected chi connectivity index (χ0v) is 34.5. The number of unbranched alkanes of at least 4 members (excludes halogenated alkanes) is 13. The molecular formula is C48H79NO5. The number of amides is 1. The predicted molar refractivity (Wildman–Crippen MR) is 231 cm³/mol. The number of esters is 1. The molecule has 0 aliphatic carbocycles. The lowest BCUT2D eigenvalue weighted by Crippen LogP contribution is -2.28. The molecular weight excluding hydrogens is 671 g/mol. The van der Waals surface area contributed by atoms with E-state index in [1.54, 1.807) is 0 Å². The molecule has 0 aromatic carbocycles. The first-order valence-electron chi connectivity index (χ1n) is 21.7. The van der Waals surface area contributed by atoms with Gasteiger partial charge >= 0.3 is 11.9 Å². The minimum atomic E-state index is -1.03. The minimum absolute atomic E-state index is 0.0402. The van der Waals surface area contributed by atoms with Crippen LogP contribution in [0.4, 0.5) is 0 Å². The second-order valence-electron chi connectivity index (χ2n) is 14.2. The molecule has 0 spiro atoms. The highest BCUT2D eigenvalue weighted by molar-refractivity contribution is 5.80. The maximum Gasteiger partial charge on any atom is 0.322 e. The Hall–Kier alpha value is -3.41. The van der Waals surface area contributed by atoms with Crippen molar-refractivity contribution in [2.75, 3.05) is 6.54 Å². The second kappa shape index (κ2) is 42.3. The number of hydrogen-bond acceptors (Lipinski definition) is 4. The van der Waals surface area contributed by atoms with Crippen molar-refractivity contribution in [3.63, 3.8) is 0 Å². The third-order valence-corrected chi connectivity index (χ3v) is 9.05. The van der Waals surface area contributed by atoms with Gasteiger partial charge in [-0.25, -0.2) is 0 Å². The second-order valence-corrected chi connectivity index (χ2v) is 14.2. The number of carbonyl (C=O) groups excluding carboxylic acids is 2. The quantitative estimate of drug-likeness (QED) is 0.0372. The van der Waals surface area contributed by atoms with Crippen LogP contribution < -0.4 is 5.32 Å². The first kappa shape index (κ1) is 50.6. The monoisotopic (exact) mass is 750 g/mol. The molecule has 0 heterocycles. The third kappa shape index (κ3) is 41.3. The largest absolute Gasteiger partial charge is 0.480 e. The van der Waals surface area contributed by atoms with Crippen molar-refractivity contribution in [2.45, 2.75) is 193 Å². The molecule has 1 atom stereocenters. The Balaban J connectivity index is 4.32. The first-order valence-corrected chi connectivity index (χ1v) is 21.7. The molecule has 0 bridgehead atoms. The average molecular weight is 750 g/mol. The summed E-state index contributed by atoms with van der Waals surface area (Å²) < 4.78 is 5.99. The fraction of sp³-hybridized carbons (Fsp3) is 0.646.